The van der Waals surface area contributed by atoms with Gasteiger partial charge in [-0.2, -0.15) is 0 Å². The third kappa shape index (κ3) is 15.4. The van der Waals surface area contributed by atoms with Gasteiger partial charge >= 0.3 is 0 Å². The van der Waals surface area contributed by atoms with Gasteiger partial charge < -0.3 is 4.79 Å². The van der Waals surface area contributed by atoms with E-state index in [0.717, 1.165) is 19.1 Å². The number of hydrogen-bond acceptors (Lipinski definition) is 1. The van der Waals surface area contributed by atoms with Crippen LogP contribution in [-0.2, 0) is 4.79 Å². The first-order valence-corrected chi connectivity index (χ1v) is 8.00. The lowest BCUT2D eigenvalue weighted by Crippen LogP contribution is -1.80. The molecule has 0 aromatic carbocycles. The highest BCUT2D eigenvalue weighted by Gasteiger charge is 1.91. The van der Waals surface area contributed by atoms with Crippen LogP contribution in [0.25, 0.3) is 0 Å². The Bertz CT molecular complexity index is 184. The molecule has 0 bridgehead atoms. The number of rotatable bonds is 14. The van der Waals surface area contributed by atoms with Crippen molar-refractivity contribution < 1.29 is 4.79 Å². The Hall–Kier alpha value is -0.590. The van der Waals surface area contributed by atoms with E-state index in [1.54, 1.807) is 0 Å². The summed E-state index contributed by atoms with van der Waals surface area (Å²) in [5, 5.41) is 0. The quantitative estimate of drug-likeness (QED) is 0.216. The average Bonchev–Trinajstić information content (AvgIpc) is 2.39. The van der Waals surface area contributed by atoms with Crippen molar-refractivity contribution in [2.75, 3.05) is 0 Å². The predicted molar refractivity (Wildman–Crippen MR) is 80.9 cm³/mol. The van der Waals surface area contributed by atoms with E-state index in [1.165, 1.54) is 64.2 Å². The molecule has 1 nitrogen and oxygen atoms in total. The van der Waals surface area contributed by atoms with Gasteiger partial charge in [0.1, 0.15) is 6.29 Å². The molecule has 0 aliphatic heterocycles. The molecule has 0 radical (unpaired) electrons. The SMILES string of the molecule is CCCCCCCCCCC/C=C\CCCC=O. The van der Waals surface area contributed by atoms with Crippen LogP contribution in [0.2, 0.25) is 0 Å². The van der Waals surface area contributed by atoms with Crippen molar-refractivity contribution in [1.29, 1.82) is 0 Å². The Morgan fingerprint density at radius 2 is 1.11 bits per heavy atom. The van der Waals surface area contributed by atoms with Gasteiger partial charge in [-0.25, -0.2) is 0 Å². The van der Waals surface area contributed by atoms with E-state index in [9.17, 15) is 4.79 Å². The van der Waals surface area contributed by atoms with Crippen LogP contribution in [0, 0.1) is 0 Å². The van der Waals surface area contributed by atoms with Crippen molar-refractivity contribution in [2.45, 2.75) is 90.4 Å². The highest BCUT2D eigenvalue weighted by Crippen LogP contribution is 2.10. The van der Waals surface area contributed by atoms with Crippen molar-refractivity contribution in [2.24, 2.45) is 0 Å². The second kappa shape index (κ2) is 16.4. The summed E-state index contributed by atoms with van der Waals surface area (Å²) >= 11 is 0. The maximum Gasteiger partial charge on any atom is 0.120 e. The molecule has 0 amide bonds. The Morgan fingerprint density at radius 3 is 1.67 bits per heavy atom. The van der Waals surface area contributed by atoms with Gasteiger partial charge in [-0.3, -0.25) is 0 Å². The second-order valence-corrected chi connectivity index (χ2v) is 5.19. The van der Waals surface area contributed by atoms with Gasteiger partial charge in [-0.05, 0) is 25.7 Å². The Labute approximate surface area is 114 Å². The highest BCUT2D eigenvalue weighted by molar-refractivity contribution is 5.48. The zero-order chi connectivity index (χ0) is 13.3. The summed E-state index contributed by atoms with van der Waals surface area (Å²) in [6, 6.07) is 0. The van der Waals surface area contributed by atoms with Gasteiger partial charge in [0.2, 0.25) is 0 Å². The highest BCUT2D eigenvalue weighted by atomic mass is 16.1. The topological polar surface area (TPSA) is 17.1 Å². The molecule has 0 aliphatic rings. The number of allylic oxidation sites excluding steroid dienone is 2. The molecule has 0 aliphatic carbocycles. The van der Waals surface area contributed by atoms with Crippen LogP contribution in [0.3, 0.4) is 0 Å². The first-order valence-electron chi connectivity index (χ1n) is 8.00. The van der Waals surface area contributed by atoms with Crippen molar-refractivity contribution >= 4 is 6.29 Å². The molecule has 18 heavy (non-hydrogen) atoms. The van der Waals surface area contributed by atoms with E-state index in [4.69, 9.17) is 0 Å². The fourth-order valence-corrected chi connectivity index (χ4v) is 2.13. The van der Waals surface area contributed by atoms with Crippen molar-refractivity contribution in [3.8, 4) is 0 Å². The lowest BCUT2D eigenvalue weighted by Gasteiger charge is -2.00. The van der Waals surface area contributed by atoms with Gasteiger partial charge in [0, 0.05) is 6.42 Å². The van der Waals surface area contributed by atoms with E-state index in [0.29, 0.717) is 6.42 Å². The molecule has 0 saturated heterocycles. The summed E-state index contributed by atoms with van der Waals surface area (Å²) in [6.07, 6.45) is 22.1. The Balaban J connectivity index is 3.00. The van der Waals surface area contributed by atoms with E-state index in [2.05, 4.69) is 19.1 Å². The zero-order valence-electron chi connectivity index (χ0n) is 12.3. The largest absolute Gasteiger partial charge is 0.303 e. The average molecular weight is 252 g/mol. The fraction of sp³-hybridized carbons (Fsp3) is 0.824. The summed E-state index contributed by atoms with van der Waals surface area (Å²) in [5.41, 5.74) is 0. The minimum Gasteiger partial charge on any atom is -0.303 e. The van der Waals surface area contributed by atoms with Crippen LogP contribution in [0.1, 0.15) is 90.4 Å². The number of hydrogen-bond donors (Lipinski definition) is 0. The first-order chi connectivity index (χ1) is 8.91. The van der Waals surface area contributed by atoms with Crippen LogP contribution in [-0.4, -0.2) is 6.29 Å². The molecule has 106 valence electrons. The molecule has 0 rings (SSSR count). The minimum atomic E-state index is 0.711. The number of carbonyl (C=O) groups is 1. The normalized spacial score (nSPS) is 11.2. The Kier molecular flexibility index (Phi) is 15.9. The van der Waals surface area contributed by atoms with Gasteiger partial charge in [0.25, 0.3) is 0 Å². The van der Waals surface area contributed by atoms with Crippen molar-refractivity contribution in [3.05, 3.63) is 12.2 Å². The summed E-state index contributed by atoms with van der Waals surface area (Å²) in [5.74, 6) is 0. The van der Waals surface area contributed by atoms with Crippen molar-refractivity contribution in [1.82, 2.24) is 0 Å². The van der Waals surface area contributed by atoms with Crippen LogP contribution >= 0.6 is 0 Å². The molecular weight excluding hydrogens is 220 g/mol. The Morgan fingerprint density at radius 1 is 0.611 bits per heavy atom. The number of carbonyl (C=O) groups excluding carboxylic acids is 1. The van der Waals surface area contributed by atoms with Crippen LogP contribution in [0.15, 0.2) is 12.2 Å². The number of unbranched alkanes of at least 4 members (excludes halogenated alkanes) is 11. The molecule has 0 aromatic rings. The fourth-order valence-electron chi connectivity index (χ4n) is 2.13. The summed E-state index contributed by atoms with van der Waals surface area (Å²) in [6.45, 7) is 2.27. The van der Waals surface area contributed by atoms with E-state index >= 15 is 0 Å². The molecule has 0 atom stereocenters. The predicted octanol–water partition coefficient (Wildman–Crippen LogP) is 5.83. The lowest BCUT2D eigenvalue weighted by atomic mass is 10.1. The molecular formula is C17H32O. The standard InChI is InChI=1S/C17H32O/c1-2-3-4-5-6-7-8-9-10-11-12-13-14-15-16-17-18/h12-13,17H,2-11,14-16H2,1H3/b13-12-. The smallest absolute Gasteiger partial charge is 0.120 e. The lowest BCUT2D eigenvalue weighted by molar-refractivity contribution is -0.107. The monoisotopic (exact) mass is 252 g/mol. The van der Waals surface area contributed by atoms with Crippen LogP contribution < -0.4 is 0 Å². The maximum atomic E-state index is 10.1. The van der Waals surface area contributed by atoms with Crippen molar-refractivity contribution in [3.63, 3.8) is 0 Å². The molecule has 0 fully saturated rings. The third-order valence-electron chi connectivity index (χ3n) is 3.33. The molecule has 0 spiro atoms. The first kappa shape index (κ1) is 17.4. The van der Waals surface area contributed by atoms with Crippen LogP contribution in [0.5, 0.6) is 0 Å². The molecule has 0 saturated carbocycles. The van der Waals surface area contributed by atoms with E-state index < -0.39 is 0 Å². The van der Waals surface area contributed by atoms with Gasteiger partial charge in [0.05, 0.1) is 0 Å². The molecule has 0 N–H and O–H groups in total. The van der Waals surface area contributed by atoms with Gasteiger partial charge in [0.15, 0.2) is 0 Å². The minimum absolute atomic E-state index is 0.711. The van der Waals surface area contributed by atoms with Gasteiger partial charge in [-0.15, -0.1) is 0 Å². The summed E-state index contributed by atoms with van der Waals surface area (Å²) < 4.78 is 0. The van der Waals surface area contributed by atoms with Crippen LogP contribution in [0.4, 0.5) is 0 Å². The molecule has 1 heteroatoms. The third-order valence-corrected chi connectivity index (χ3v) is 3.33. The van der Waals surface area contributed by atoms with E-state index in [-0.39, 0.29) is 0 Å². The maximum absolute atomic E-state index is 10.1. The molecule has 0 unspecified atom stereocenters. The summed E-state index contributed by atoms with van der Waals surface area (Å²) in [4.78, 5) is 10.1. The van der Waals surface area contributed by atoms with E-state index in [1.807, 2.05) is 0 Å². The molecule has 0 heterocycles. The second-order valence-electron chi connectivity index (χ2n) is 5.19. The zero-order valence-corrected chi connectivity index (χ0v) is 12.3. The number of aldehydes is 1. The molecule has 0 aromatic heterocycles. The summed E-state index contributed by atoms with van der Waals surface area (Å²) in [7, 11) is 0. The van der Waals surface area contributed by atoms with Gasteiger partial charge in [-0.1, -0.05) is 70.4 Å².